The fourth-order valence-corrected chi connectivity index (χ4v) is 0.436. The number of alkyl carbamates (subject to hydrolysis) is 1. The van der Waals surface area contributed by atoms with Crippen LogP contribution < -0.4 is 11.1 Å². The van der Waals surface area contributed by atoms with Gasteiger partial charge in [-0.3, -0.25) is 0 Å². The maximum absolute atomic E-state index is 10.7. The first-order valence-corrected chi connectivity index (χ1v) is 3.45. The van der Waals surface area contributed by atoms with E-state index < -0.39 is 6.09 Å². The zero-order valence-electron chi connectivity index (χ0n) is 6.67. The third-order valence-corrected chi connectivity index (χ3v) is 1.05. The van der Waals surface area contributed by atoms with Crippen LogP contribution in [0.25, 0.3) is 0 Å². The van der Waals surface area contributed by atoms with Gasteiger partial charge in [0.1, 0.15) is 6.61 Å². The average Bonchev–Trinajstić information content (AvgIpc) is 2.00. The molecule has 0 saturated carbocycles. The monoisotopic (exact) mass is 158 g/mol. The highest BCUT2D eigenvalue weighted by molar-refractivity contribution is 5.67. The van der Waals surface area contributed by atoms with Gasteiger partial charge in [-0.1, -0.05) is 12.7 Å². The molecule has 64 valence electrons. The molecular weight excluding hydrogens is 144 g/mol. The lowest BCUT2D eigenvalue weighted by atomic mass is 10.3. The molecule has 0 rings (SSSR count). The molecule has 0 bridgehead atoms. The van der Waals surface area contributed by atoms with Crippen molar-refractivity contribution in [2.75, 3.05) is 13.2 Å². The van der Waals surface area contributed by atoms with E-state index in [0.29, 0.717) is 6.54 Å². The van der Waals surface area contributed by atoms with Crippen LogP contribution in [0.4, 0.5) is 4.79 Å². The van der Waals surface area contributed by atoms with Gasteiger partial charge in [-0.15, -0.1) is 0 Å². The van der Waals surface area contributed by atoms with E-state index in [1.54, 1.807) is 6.92 Å². The number of nitrogens with two attached hydrogens (primary N) is 1. The minimum absolute atomic E-state index is 0.0488. The Bertz CT molecular complexity index is 136. The van der Waals surface area contributed by atoms with Crippen molar-refractivity contribution in [3.05, 3.63) is 12.7 Å². The van der Waals surface area contributed by atoms with Crippen LogP contribution in [0.15, 0.2) is 12.7 Å². The topological polar surface area (TPSA) is 64.3 Å². The van der Waals surface area contributed by atoms with E-state index in [1.165, 1.54) is 6.08 Å². The van der Waals surface area contributed by atoms with Crippen molar-refractivity contribution < 1.29 is 9.53 Å². The highest BCUT2D eigenvalue weighted by Crippen LogP contribution is 1.81. The van der Waals surface area contributed by atoms with Crippen LogP contribution in [-0.4, -0.2) is 25.3 Å². The van der Waals surface area contributed by atoms with Crippen LogP contribution in [-0.2, 0) is 4.74 Å². The molecule has 1 unspecified atom stereocenters. The van der Waals surface area contributed by atoms with Gasteiger partial charge in [0, 0.05) is 12.6 Å². The number of ether oxygens (including phenoxy) is 1. The number of carbonyl (C=O) groups is 1. The quantitative estimate of drug-likeness (QED) is 0.576. The molecule has 3 N–H and O–H groups in total. The van der Waals surface area contributed by atoms with Gasteiger partial charge in [0.2, 0.25) is 0 Å². The Kier molecular flexibility index (Phi) is 5.20. The second kappa shape index (κ2) is 5.73. The molecule has 1 amide bonds. The lowest BCUT2D eigenvalue weighted by Gasteiger charge is -2.10. The smallest absolute Gasteiger partial charge is 0.407 e. The summed E-state index contributed by atoms with van der Waals surface area (Å²) in [5.41, 5.74) is 5.26. The maximum Gasteiger partial charge on any atom is 0.407 e. The molecule has 0 aliphatic heterocycles. The summed E-state index contributed by atoms with van der Waals surface area (Å²) >= 11 is 0. The van der Waals surface area contributed by atoms with Crippen LogP contribution in [0.1, 0.15) is 6.92 Å². The lowest BCUT2D eigenvalue weighted by Crippen LogP contribution is -2.38. The van der Waals surface area contributed by atoms with Crippen molar-refractivity contribution in [2.24, 2.45) is 5.73 Å². The first-order valence-electron chi connectivity index (χ1n) is 3.45. The van der Waals surface area contributed by atoms with Gasteiger partial charge in [-0.2, -0.15) is 0 Å². The molecule has 0 aliphatic carbocycles. The first kappa shape index (κ1) is 9.97. The van der Waals surface area contributed by atoms with Gasteiger partial charge in [-0.25, -0.2) is 4.79 Å². The third kappa shape index (κ3) is 5.42. The van der Waals surface area contributed by atoms with Crippen LogP contribution in [0.2, 0.25) is 0 Å². The Labute approximate surface area is 66.4 Å². The summed E-state index contributed by atoms with van der Waals surface area (Å²) in [5.74, 6) is 0. The summed E-state index contributed by atoms with van der Waals surface area (Å²) in [6.45, 7) is 5.83. The zero-order chi connectivity index (χ0) is 8.69. The van der Waals surface area contributed by atoms with Crippen molar-refractivity contribution in [1.82, 2.24) is 5.32 Å². The van der Waals surface area contributed by atoms with E-state index >= 15 is 0 Å². The van der Waals surface area contributed by atoms with Gasteiger partial charge in [0.25, 0.3) is 0 Å². The Hall–Kier alpha value is -1.03. The number of nitrogens with one attached hydrogen (secondary N) is 1. The summed E-state index contributed by atoms with van der Waals surface area (Å²) in [5, 5.41) is 2.53. The van der Waals surface area contributed by atoms with E-state index in [0.717, 1.165) is 0 Å². The van der Waals surface area contributed by atoms with E-state index in [2.05, 4.69) is 16.6 Å². The molecule has 0 saturated heterocycles. The average molecular weight is 158 g/mol. The molecule has 11 heavy (non-hydrogen) atoms. The number of carbonyl (C=O) groups excluding carboxylic acids is 1. The SMILES string of the molecule is C=CCOC(=O)NC(C)CN. The maximum atomic E-state index is 10.7. The summed E-state index contributed by atoms with van der Waals surface area (Å²) in [4.78, 5) is 10.7. The third-order valence-electron chi connectivity index (χ3n) is 1.05. The second-order valence-electron chi connectivity index (χ2n) is 2.17. The summed E-state index contributed by atoms with van der Waals surface area (Å²) in [7, 11) is 0. The number of hydrogen-bond acceptors (Lipinski definition) is 3. The molecule has 0 heterocycles. The minimum atomic E-state index is -0.456. The summed E-state index contributed by atoms with van der Waals surface area (Å²) < 4.78 is 4.64. The van der Waals surface area contributed by atoms with E-state index in [-0.39, 0.29) is 12.6 Å². The number of hydrogen-bond donors (Lipinski definition) is 2. The highest BCUT2D eigenvalue weighted by Gasteiger charge is 2.03. The fraction of sp³-hybridized carbons (Fsp3) is 0.571. The van der Waals surface area contributed by atoms with Gasteiger partial charge in [0.15, 0.2) is 0 Å². The fourth-order valence-electron chi connectivity index (χ4n) is 0.436. The van der Waals surface area contributed by atoms with Crippen LogP contribution in [0.3, 0.4) is 0 Å². The normalized spacial score (nSPS) is 11.8. The summed E-state index contributed by atoms with van der Waals surface area (Å²) in [6, 6.07) is -0.0488. The first-order chi connectivity index (χ1) is 5.20. The number of rotatable bonds is 4. The Morgan fingerprint density at radius 3 is 3.00 bits per heavy atom. The molecule has 1 atom stereocenters. The van der Waals surface area contributed by atoms with Crippen LogP contribution >= 0.6 is 0 Å². The molecule has 0 aliphatic rings. The van der Waals surface area contributed by atoms with Gasteiger partial charge < -0.3 is 15.8 Å². The zero-order valence-corrected chi connectivity index (χ0v) is 6.67. The molecule has 0 aromatic heterocycles. The second-order valence-corrected chi connectivity index (χ2v) is 2.17. The predicted octanol–water partition coefficient (Wildman–Crippen LogP) is 0.246. The van der Waals surface area contributed by atoms with E-state index in [9.17, 15) is 4.79 Å². The predicted molar refractivity (Wildman–Crippen MR) is 43.2 cm³/mol. The van der Waals surface area contributed by atoms with Gasteiger partial charge in [0.05, 0.1) is 0 Å². The largest absolute Gasteiger partial charge is 0.445 e. The van der Waals surface area contributed by atoms with E-state index in [1.807, 2.05) is 0 Å². The molecule has 0 spiro atoms. The van der Waals surface area contributed by atoms with Crippen LogP contribution in [0, 0.1) is 0 Å². The van der Waals surface area contributed by atoms with Crippen molar-refractivity contribution >= 4 is 6.09 Å². The van der Waals surface area contributed by atoms with Crippen molar-refractivity contribution in [1.29, 1.82) is 0 Å². The van der Waals surface area contributed by atoms with Crippen LogP contribution in [0.5, 0.6) is 0 Å². The van der Waals surface area contributed by atoms with Crippen molar-refractivity contribution in [3.63, 3.8) is 0 Å². The number of amides is 1. The molecular formula is C7H14N2O2. The Morgan fingerprint density at radius 2 is 2.55 bits per heavy atom. The lowest BCUT2D eigenvalue weighted by molar-refractivity contribution is 0.155. The minimum Gasteiger partial charge on any atom is -0.445 e. The van der Waals surface area contributed by atoms with Crippen molar-refractivity contribution in [3.8, 4) is 0 Å². The molecule has 4 nitrogen and oxygen atoms in total. The van der Waals surface area contributed by atoms with Crippen molar-refractivity contribution in [2.45, 2.75) is 13.0 Å². The molecule has 0 radical (unpaired) electrons. The highest BCUT2D eigenvalue weighted by atomic mass is 16.5. The van der Waals surface area contributed by atoms with Gasteiger partial charge >= 0.3 is 6.09 Å². The Balaban J connectivity index is 3.43. The molecule has 0 aromatic rings. The molecule has 4 heteroatoms. The molecule has 0 aromatic carbocycles. The standard InChI is InChI=1S/C7H14N2O2/c1-3-4-11-7(10)9-6(2)5-8/h3,6H,1,4-5,8H2,2H3,(H,9,10). The summed E-state index contributed by atoms with van der Waals surface area (Å²) in [6.07, 6.45) is 1.05. The molecule has 0 fully saturated rings. The Morgan fingerprint density at radius 1 is 1.91 bits per heavy atom. The van der Waals surface area contributed by atoms with E-state index in [4.69, 9.17) is 5.73 Å². The van der Waals surface area contributed by atoms with Gasteiger partial charge in [-0.05, 0) is 6.92 Å².